The number of urea groups is 1. The molecule has 8 nitrogen and oxygen atoms in total. The van der Waals surface area contributed by atoms with Gasteiger partial charge in [-0.15, -0.1) is 5.10 Å². The SMILES string of the molecule is C=C1NC(=O)C2(N3CC(c4cncnn4)NC3=O)CC1C2. The summed E-state index contributed by atoms with van der Waals surface area (Å²) in [6.07, 6.45) is 4.21. The zero-order valence-corrected chi connectivity index (χ0v) is 11.2. The number of allylic oxidation sites excluding steroid dienone is 1. The number of hydrogen-bond donors (Lipinski definition) is 2. The fraction of sp³-hybridized carbons (Fsp3) is 0.462. The Hall–Kier alpha value is -2.51. The Labute approximate surface area is 120 Å². The highest BCUT2D eigenvalue weighted by molar-refractivity contribution is 5.95. The lowest BCUT2D eigenvalue weighted by atomic mass is 9.62. The van der Waals surface area contributed by atoms with Gasteiger partial charge in [-0.2, -0.15) is 5.10 Å². The highest BCUT2D eigenvalue weighted by atomic mass is 16.2. The lowest BCUT2D eigenvalue weighted by Crippen LogP contribution is -2.70. The zero-order chi connectivity index (χ0) is 14.6. The summed E-state index contributed by atoms with van der Waals surface area (Å²) in [5.74, 6) is 0.135. The van der Waals surface area contributed by atoms with Gasteiger partial charge in [-0.05, 0) is 12.8 Å². The molecule has 3 saturated heterocycles. The monoisotopic (exact) mass is 286 g/mol. The Morgan fingerprint density at radius 1 is 1.38 bits per heavy atom. The van der Waals surface area contributed by atoms with Crippen molar-refractivity contribution < 1.29 is 9.59 Å². The van der Waals surface area contributed by atoms with Crippen LogP contribution in [0, 0.1) is 5.92 Å². The first-order chi connectivity index (χ1) is 10.1. The van der Waals surface area contributed by atoms with Crippen molar-refractivity contribution in [1.82, 2.24) is 30.7 Å². The van der Waals surface area contributed by atoms with Crippen LogP contribution in [0.25, 0.3) is 0 Å². The van der Waals surface area contributed by atoms with Gasteiger partial charge in [-0.25, -0.2) is 9.78 Å². The maximum absolute atomic E-state index is 12.3. The molecule has 8 heteroatoms. The minimum atomic E-state index is -0.736. The molecule has 2 N–H and O–H groups in total. The van der Waals surface area contributed by atoms with Gasteiger partial charge < -0.3 is 15.5 Å². The van der Waals surface area contributed by atoms with Crippen LogP contribution in [0.5, 0.6) is 0 Å². The summed E-state index contributed by atoms with van der Waals surface area (Å²) in [6, 6.07) is -0.531. The third-order valence-corrected chi connectivity index (χ3v) is 4.64. The van der Waals surface area contributed by atoms with Crippen molar-refractivity contribution in [3.8, 4) is 0 Å². The molecule has 1 saturated carbocycles. The van der Waals surface area contributed by atoms with E-state index in [-0.39, 0.29) is 23.9 Å². The summed E-state index contributed by atoms with van der Waals surface area (Å²) < 4.78 is 0. The number of hydrogen-bond acceptors (Lipinski definition) is 5. The van der Waals surface area contributed by atoms with Gasteiger partial charge in [0.25, 0.3) is 0 Å². The summed E-state index contributed by atoms with van der Waals surface area (Å²) in [6.45, 7) is 4.24. The molecule has 4 heterocycles. The van der Waals surface area contributed by atoms with E-state index < -0.39 is 5.54 Å². The molecule has 21 heavy (non-hydrogen) atoms. The number of aromatic nitrogens is 3. The second-order valence-corrected chi connectivity index (χ2v) is 5.76. The topological polar surface area (TPSA) is 100 Å². The van der Waals surface area contributed by atoms with Crippen molar-refractivity contribution >= 4 is 11.9 Å². The predicted octanol–water partition coefficient (Wildman–Crippen LogP) is -0.270. The summed E-state index contributed by atoms with van der Waals surface area (Å²) >= 11 is 0. The zero-order valence-electron chi connectivity index (χ0n) is 11.2. The minimum Gasteiger partial charge on any atom is -0.328 e. The van der Waals surface area contributed by atoms with Crippen LogP contribution in [0.15, 0.2) is 24.8 Å². The molecule has 1 atom stereocenters. The van der Waals surface area contributed by atoms with Gasteiger partial charge in [0.1, 0.15) is 17.6 Å². The molecule has 3 aliphatic heterocycles. The molecule has 0 aromatic carbocycles. The van der Waals surface area contributed by atoms with Gasteiger partial charge in [0.15, 0.2) is 0 Å². The molecule has 1 aromatic heterocycles. The lowest BCUT2D eigenvalue weighted by molar-refractivity contribution is -0.143. The molecule has 4 fully saturated rings. The Balaban J connectivity index is 1.59. The van der Waals surface area contributed by atoms with E-state index in [2.05, 4.69) is 32.4 Å². The maximum atomic E-state index is 12.3. The Kier molecular flexibility index (Phi) is 2.33. The van der Waals surface area contributed by atoms with Crippen LogP contribution in [0.4, 0.5) is 4.79 Å². The maximum Gasteiger partial charge on any atom is 0.318 e. The normalized spacial score (nSPS) is 34.3. The van der Waals surface area contributed by atoms with Crippen molar-refractivity contribution in [2.75, 3.05) is 6.54 Å². The lowest BCUT2D eigenvalue weighted by Gasteiger charge is -2.55. The van der Waals surface area contributed by atoms with E-state index in [9.17, 15) is 9.59 Å². The van der Waals surface area contributed by atoms with Crippen molar-refractivity contribution in [3.05, 3.63) is 30.5 Å². The summed E-state index contributed by atoms with van der Waals surface area (Å²) in [7, 11) is 0. The first-order valence-electron chi connectivity index (χ1n) is 6.81. The Morgan fingerprint density at radius 2 is 2.19 bits per heavy atom. The van der Waals surface area contributed by atoms with Gasteiger partial charge in [-0.3, -0.25) is 4.79 Å². The quantitative estimate of drug-likeness (QED) is 0.779. The van der Waals surface area contributed by atoms with Crippen LogP contribution >= 0.6 is 0 Å². The summed E-state index contributed by atoms with van der Waals surface area (Å²) in [5, 5.41) is 13.3. The molecule has 3 amide bonds. The van der Waals surface area contributed by atoms with Gasteiger partial charge in [0.2, 0.25) is 5.91 Å². The summed E-state index contributed by atoms with van der Waals surface area (Å²) in [4.78, 5) is 30.1. The van der Waals surface area contributed by atoms with Crippen molar-refractivity contribution in [2.45, 2.75) is 24.4 Å². The number of piperidine rings is 2. The molecule has 2 bridgehead atoms. The molecular formula is C13H14N6O2. The van der Waals surface area contributed by atoms with Crippen LogP contribution in [-0.2, 0) is 4.79 Å². The minimum absolute atomic E-state index is 0.136. The molecular weight excluding hydrogens is 272 g/mol. The summed E-state index contributed by atoms with van der Waals surface area (Å²) in [5.41, 5.74) is 0.623. The number of amides is 3. The number of rotatable bonds is 2. The average molecular weight is 286 g/mol. The standard InChI is InChI=1S/C13H14N6O2/c1-7-8-2-13(3-8,11(20)16-7)19-5-10(17-12(19)21)9-4-14-6-15-18-9/h4,6,8,10H,1-3,5H2,(H,16,20)(H,17,21). The Bertz CT molecular complexity index is 639. The molecule has 1 aromatic rings. The molecule has 1 aliphatic carbocycles. The third-order valence-electron chi connectivity index (χ3n) is 4.64. The average Bonchev–Trinajstić information content (AvgIpc) is 2.81. The molecule has 108 valence electrons. The predicted molar refractivity (Wildman–Crippen MR) is 70.5 cm³/mol. The first kappa shape index (κ1) is 12.2. The van der Waals surface area contributed by atoms with E-state index in [0.717, 1.165) is 5.70 Å². The number of nitrogens with zero attached hydrogens (tertiary/aromatic N) is 4. The van der Waals surface area contributed by atoms with Gasteiger partial charge in [0.05, 0.1) is 12.2 Å². The van der Waals surface area contributed by atoms with Crippen LogP contribution in [0.2, 0.25) is 0 Å². The van der Waals surface area contributed by atoms with E-state index in [1.54, 1.807) is 11.1 Å². The Morgan fingerprint density at radius 3 is 2.86 bits per heavy atom. The highest BCUT2D eigenvalue weighted by Gasteiger charge is 2.61. The number of nitrogens with one attached hydrogen (secondary N) is 2. The van der Waals surface area contributed by atoms with Crippen molar-refractivity contribution in [3.63, 3.8) is 0 Å². The molecule has 1 unspecified atom stereocenters. The molecule has 4 aliphatic rings. The third kappa shape index (κ3) is 1.58. The van der Waals surface area contributed by atoms with Crippen molar-refractivity contribution in [1.29, 1.82) is 0 Å². The number of carbonyl (C=O) groups excluding carboxylic acids is 2. The highest BCUT2D eigenvalue weighted by Crippen LogP contribution is 2.50. The van der Waals surface area contributed by atoms with Crippen LogP contribution in [0.1, 0.15) is 24.6 Å². The first-order valence-corrected chi connectivity index (χ1v) is 6.81. The fourth-order valence-electron chi connectivity index (χ4n) is 3.39. The van der Waals surface area contributed by atoms with Gasteiger partial charge >= 0.3 is 6.03 Å². The molecule has 5 rings (SSSR count). The van der Waals surface area contributed by atoms with Crippen LogP contribution in [-0.4, -0.2) is 44.1 Å². The van der Waals surface area contributed by atoms with Crippen LogP contribution < -0.4 is 10.6 Å². The van der Waals surface area contributed by atoms with Gasteiger partial charge in [-0.1, -0.05) is 6.58 Å². The smallest absolute Gasteiger partial charge is 0.318 e. The van der Waals surface area contributed by atoms with E-state index in [4.69, 9.17) is 0 Å². The largest absolute Gasteiger partial charge is 0.328 e. The number of fused-ring (bicyclic) bond motifs is 2. The fourth-order valence-corrected chi connectivity index (χ4v) is 3.39. The van der Waals surface area contributed by atoms with Crippen LogP contribution in [0.3, 0.4) is 0 Å². The van der Waals surface area contributed by atoms with E-state index >= 15 is 0 Å². The second-order valence-electron chi connectivity index (χ2n) is 5.76. The van der Waals surface area contributed by atoms with E-state index in [1.165, 1.54) is 6.33 Å². The second kappa shape index (κ2) is 4.00. The van der Waals surface area contributed by atoms with E-state index in [1.807, 2.05) is 0 Å². The van der Waals surface area contributed by atoms with Crippen molar-refractivity contribution in [2.24, 2.45) is 5.92 Å². The van der Waals surface area contributed by atoms with Gasteiger partial charge in [0, 0.05) is 18.2 Å². The van der Waals surface area contributed by atoms with E-state index in [0.29, 0.717) is 25.1 Å². The molecule has 0 spiro atoms. The number of carbonyl (C=O) groups is 2. The molecule has 0 radical (unpaired) electrons.